The number of carbonyl (C=O) groups is 1. The number of nitrogens with one attached hydrogen (secondary N) is 2. The predicted octanol–water partition coefficient (Wildman–Crippen LogP) is 4.91. The minimum absolute atomic E-state index is 0.112. The van der Waals surface area contributed by atoms with Gasteiger partial charge in [0.05, 0.1) is 27.5 Å². The van der Waals surface area contributed by atoms with E-state index in [-0.39, 0.29) is 22.8 Å². The molecule has 3 aromatic carbocycles. The first-order valence-corrected chi connectivity index (χ1v) is 12.1. The van der Waals surface area contributed by atoms with Gasteiger partial charge in [-0.1, -0.05) is 30.3 Å². The Labute approximate surface area is 193 Å². The van der Waals surface area contributed by atoms with Crippen LogP contribution in [0.1, 0.15) is 16.1 Å². The van der Waals surface area contributed by atoms with Crippen molar-refractivity contribution in [3.05, 3.63) is 101 Å². The number of nitrogens with zero attached hydrogens (tertiary/aromatic N) is 1. The SMILES string of the molecule is O=C(Nc1ccccc1OCc1cscn1)c1cccc(S(=O)(=O)Nc2ccccc2F)c1. The highest BCUT2D eigenvalue weighted by Crippen LogP contribution is 2.26. The summed E-state index contributed by atoms with van der Waals surface area (Å²) in [7, 11) is -4.11. The van der Waals surface area contributed by atoms with Gasteiger partial charge < -0.3 is 10.1 Å². The number of amides is 1. The Morgan fingerprint density at radius 1 is 1.00 bits per heavy atom. The van der Waals surface area contributed by atoms with E-state index in [0.29, 0.717) is 11.4 Å². The van der Waals surface area contributed by atoms with Crippen molar-refractivity contribution in [3.63, 3.8) is 0 Å². The molecule has 0 aliphatic rings. The van der Waals surface area contributed by atoms with Crippen molar-refractivity contribution in [2.45, 2.75) is 11.5 Å². The van der Waals surface area contributed by atoms with Gasteiger partial charge >= 0.3 is 0 Å². The number of carbonyl (C=O) groups excluding carboxylic acids is 1. The summed E-state index contributed by atoms with van der Waals surface area (Å²) in [5.74, 6) is -0.782. The summed E-state index contributed by atoms with van der Waals surface area (Å²) in [4.78, 5) is 16.8. The monoisotopic (exact) mass is 483 g/mol. The quantitative estimate of drug-likeness (QED) is 0.371. The van der Waals surface area contributed by atoms with Gasteiger partial charge in [0.1, 0.15) is 18.2 Å². The van der Waals surface area contributed by atoms with Crippen LogP contribution in [0, 0.1) is 5.82 Å². The number of thiazole rings is 1. The van der Waals surface area contributed by atoms with Crippen LogP contribution < -0.4 is 14.8 Å². The smallest absolute Gasteiger partial charge is 0.262 e. The van der Waals surface area contributed by atoms with E-state index in [4.69, 9.17) is 4.74 Å². The third kappa shape index (κ3) is 5.54. The molecule has 1 aromatic heterocycles. The first-order chi connectivity index (χ1) is 15.9. The first kappa shape index (κ1) is 22.4. The van der Waals surface area contributed by atoms with Crippen molar-refractivity contribution in [1.29, 1.82) is 0 Å². The van der Waals surface area contributed by atoms with Gasteiger partial charge in [-0.05, 0) is 42.5 Å². The zero-order chi connectivity index (χ0) is 23.3. The molecule has 0 saturated carbocycles. The number of halogens is 1. The van der Waals surface area contributed by atoms with Gasteiger partial charge in [0, 0.05) is 10.9 Å². The molecule has 10 heteroatoms. The number of aromatic nitrogens is 1. The molecule has 0 radical (unpaired) electrons. The van der Waals surface area contributed by atoms with Crippen LogP contribution in [0.15, 0.2) is 88.6 Å². The summed E-state index contributed by atoms with van der Waals surface area (Å²) < 4.78 is 47.2. The average molecular weight is 484 g/mol. The van der Waals surface area contributed by atoms with Gasteiger partial charge in [-0.25, -0.2) is 17.8 Å². The molecule has 4 aromatic rings. The second-order valence-corrected chi connectivity index (χ2v) is 9.23. The zero-order valence-electron chi connectivity index (χ0n) is 17.1. The van der Waals surface area contributed by atoms with E-state index in [0.717, 1.165) is 11.8 Å². The van der Waals surface area contributed by atoms with Gasteiger partial charge in [-0.2, -0.15) is 0 Å². The topological polar surface area (TPSA) is 97.4 Å². The van der Waals surface area contributed by atoms with Crippen LogP contribution in [0.5, 0.6) is 5.75 Å². The first-order valence-electron chi connectivity index (χ1n) is 9.70. The molecule has 0 aliphatic carbocycles. The molecule has 0 unspecified atom stereocenters. The molecule has 4 rings (SSSR count). The lowest BCUT2D eigenvalue weighted by atomic mass is 10.2. The van der Waals surface area contributed by atoms with Crippen LogP contribution in [-0.2, 0) is 16.6 Å². The van der Waals surface area contributed by atoms with E-state index in [2.05, 4.69) is 15.0 Å². The minimum Gasteiger partial charge on any atom is -0.485 e. The molecule has 0 saturated heterocycles. The lowest BCUT2D eigenvalue weighted by molar-refractivity contribution is 0.102. The number of ether oxygens (including phenoxy) is 1. The van der Waals surface area contributed by atoms with Crippen LogP contribution in [0.2, 0.25) is 0 Å². The van der Waals surface area contributed by atoms with Crippen LogP contribution in [0.4, 0.5) is 15.8 Å². The molecule has 168 valence electrons. The van der Waals surface area contributed by atoms with E-state index in [1.807, 2.05) is 5.38 Å². The third-order valence-corrected chi connectivity index (χ3v) is 6.52. The predicted molar refractivity (Wildman–Crippen MR) is 124 cm³/mol. The molecule has 1 heterocycles. The fraction of sp³-hybridized carbons (Fsp3) is 0.0435. The maximum absolute atomic E-state index is 13.9. The van der Waals surface area contributed by atoms with E-state index in [1.54, 1.807) is 29.8 Å². The summed E-state index contributed by atoms with van der Waals surface area (Å²) in [5.41, 5.74) is 2.82. The Hall–Kier alpha value is -3.76. The van der Waals surface area contributed by atoms with Gasteiger partial charge in [0.15, 0.2) is 0 Å². The lowest BCUT2D eigenvalue weighted by Crippen LogP contribution is -2.16. The standard InChI is InChI=1S/C23H18FN3O4S2/c24-19-8-1-2-9-20(19)27-33(29,30)18-7-5-6-16(12-18)23(28)26-21-10-3-4-11-22(21)31-13-17-14-32-15-25-17/h1-12,14-15,27H,13H2,(H,26,28). The summed E-state index contributed by atoms with van der Waals surface area (Å²) >= 11 is 1.46. The summed E-state index contributed by atoms with van der Waals surface area (Å²) in [6, 6.07) is 17.8. The summed E-state index contributed by atoms with van der Waals surface area (Å²) in [6.07, 6.45) is 0. The van der Waals surface area contributed by atoms with Gasteiger partial charge in [-0.3, -0.25) is 9.52 Å². The molecule has 0 spiro atoms. The number of hydrogen-bond acceptors (Lipinski definition) is 6. The molecule has 0 aliphatic heterocycles. The minimum atomic E-state index is -4.11. The van der Waals surface area contributed by atoms with Crippen molar-refractivity contribution >= 4 is 38.6 Å². The number of benzene rings is 3. The van der Waals surface area contributed by atoms with Gasteiger partial charge in [-0.15, -0.1) is 11.3 Å². The van der Waals surface area contributed by atoms with E-state index in [9.17, 15) is 17.6 Å². The summed E-state index contributed by atoms with van der Waals surface area (Å²) in [5, 5.41) is 4.60. The highest BCUT2D eigenvalue weighted by Gasteiger charge is 2.18. The average Bonchev–Trinajstić information content (AvgIpc) is 3.34. The Morgan fingerprint density at radius 3 is 2.52 bits per heavy atom. The molecule has 2 N–H and O–H groups in total. The van der Waals surface area contributed by atoms with Crippen molar-refractivity contribution in [3.8, 4) is 5.75 Å². The number of sulfonamides is 1. The van der Waals surface area contributed by atoms with Crippen LogP contribution in [-0.4, -0.2) is 19.3 Å². The number of anilines is 2. The maximum Gasteiger partial charge on any atom is 0.262 e. The van der Waals surface area contributed by atoms with Crippen LogP contribution in [0.25, 0.3) is 0 Å². The van der Waals surface area contributed by atoms with Crippen molar-refractivity contribution in [2.24, 2.45) is 0 Å². The van der Waals surface area contributed by atoms with Gasteiger partial charge in [0.25, 0.3) is 15.9 Å². The molecular weight excluding hydrogens is 465 g/mol. The highest BCUT2D eigenvalue weighted by atomic mass is 32.2. The fourth-order valence-corrected chi connectivity index (χ4v) is 4.56. The zero-order valence-corrected chi connectivity index (χ0v) is 18.7. The fourth-order valence-electron chi connectivity index (χ4n) is 2.90. The molecule has 0 fully saturated rings. The number of hydrogen-bond donors (Lipinski definition) is 2. The largest absolute Gasteiger partial charge is 0.485 e. The van der Waals surface area contributed by atoms with E-state index < -0.39 is 21.7 Å². The van der Waals surface area contributed by atoms with E-state index >= 15 is 0 Å². The molecule has 0 atom stereocenters. The molecule has 7 nitrogen and oxygen atoms in total. The second kappa shape index (κ2) is 9.80. The second-order valence-electron chi connectivity index (χ2n) is 6.83. The molecule has 1 amide bonds. The lowest BCUT2D eigenvalue weighted by Gasteiger charge is -2.13. The Balaban J connectivity index is 1.51. The Bertz CT molecular complexity index is 1380. The molecule has 0 bridgehead atoms. The van der Waals surface area contributed by atoms with Crippen LogP contribution in [0.3, 0.4) is 0 Å². The highest BCUT2D eigenvalue weighted by molar-refractivity contribution is 7.92. The van der Waals surface area contributed by atoms with Gasteiger partial charge in [0.2, 0.25) is 0 Å². The Morgan fingerprint density at radius 2 is 1.76 bits per heavy atom. The van der Waals surface area contributed by atoms with Crippen LogP contribution >= 0.6 is 11.3 Å². The van der Waals surface area contributed by atoms with Crippen molar-refractivity contribution in [1.82, 2.24) is 4.98 Å². The molecular formula is C23H18FN3O4S2. The normalized spacial score (nSPS) is 11.1. The maximum atomic E-state index is 13.9. The van der Waals surface area contributed by atoms with E-state index in [1.165, 1.54) is 53.8 Å². The number of para-hydroxylation sites is 3. The third-order valence-electron chi connectivity index (χ3n) is 4.52. The Kier molecular flexibility index (Phi) is 6.66. The summed E-state index contributed by atoms with van der Waals surface area (Å²) in [6.45, 7) is 0.242. The van der Waals surface area contributed by atoms with Crippen molar-refractivity contribution in [2.75, 3.05) is 10.0 Å². The number of rotatable bonds is 8. The molecule has 33 heavy (non-hydrogen) atoms. The van der Waals surface area contributed by atoms with Crippen molar-refractivity contribution < 1.29 is 22.3 Å².